The fourth-order valence-electron chi connectivity index (χ4n) is 3.93. The fraction of sp³-hybridized carbons (Fsp3) is 0.412. The zero-order chi connectivity index (χ0) is 15.2. The summed E-state index contributed by atoms with van der Waals surface area (Å²) in [5.74, 6) is -0.355. The predicted octanol–water partition coefficient (Wildman–Crippen LogP) is 3.50. The molecule has 0 amide bonds. The molecule has 1 aromatic carbocycles. The van der Waals surface area contributed by atoms with Gasteiger partial charge in [-0.3, -0.25) is 4.79 Å². The van der Waals surface area contributed by atoms with Gasteiger partial charge < -0.3 is 10.0 Å². The van der Waals surface area contributed by atoms with Crippen molar-refractivity contribution >= 4 is 22.4 Å². The standard InChI is InChI=1S/C17H18N2O2S/c20-15(21)17-8-4-7-13(17)10-19(11-17)16-18-9-14(22-16)12-5-2-1-3-6-12/h1-3,5-6,9,13H,4,7-8,10-11H2,(H,20,21)/t13-,17+/m0/s1. The molecule has 2 atom stereocenters. The van der Waals surface area contributed by atoms with Gasteiger partial charge in [-0.25, -0.2) is 4.98 Å². The van der Waals surface area contributed by atoms with Gasteiger partial charge in [-0.15, -0.1) is 0 Å². The number of benzene rings is 1. The lowest BCUT2D eigenvalue weighted by molar-refractivity contribution is -0.149. The van der Waals surface area contributed by atoms with Gasteiger partial charge in [0.05, 0.1) is 10.3 Å². The zero-order valence-electron chi connectivity index (χ0n) is 12.2. The van der Waals surface area contributed by atoms with Gasteiger partial charge in [-0.05, 0) is 24.3 Å². The largest absolute Gasteiger partial charge is 0.481 e. The van der Waals surface area contributed by atoms with Crippen LogP contribution in [0.1, 0.15) is 19.3 Å². The number of carboxylic acids is 1. The van der Waals surface area contributed by atoms with E-state index in [1.165, 1.54) is 5.56 Å². The van der Waals surface area contributed by atoms with Gasteiger partial charge in [0.15, 0.2) is 5.13 Å². The second-order valence-electron chi connectivity index (χ2n) is 6.30. The molecule has 0 unspecified atom stereocenters. The van der Waals surface area contributed by atoms with E-state index in [1.54, 1.807) is 11.3 Å². The van der Waals surface area contributed by atoms with Gasteiger partial charge >= 0.3 is 5.97 Å². The molecule has 1 aliphatic heterocycles. The highest BCUT2D eigenvalue weighted by Gasteiger charge is 2.55. The van der Waals surface area contributed by atoms with Gasteiger partial charge in [0.2, 0.25) is 0 Å². The summed E-state index contributed by atoms with van der Waals surface area (Å²) in [5.41, 5.74) is 0.622. The average molecular weight is 314 g/mol. The molecule has 22 heavy (non-hydrogen) atoms. The Hall–Kier alpha value is -1.88. The maximum absolute atomic E-state index is 11.8. The minimum absolute atomic E-state index is 0.272. The second kappa shape index (κ2) is 5.09. The lowest BCUT2D eigenvalue weighted by Crippen LogP contribution is -2.35. The van der Waals surface area contributed by atoms with E-state index < -0.39 is 11.4 Å². The first-order valence-electron chi connectivity index (χ1n) is 7.69. The molecule has 0 radical (unpaired) electrons. The Morgan fingerprint density at radius 3 is 2.91 bits per heavy atom. The number of carbonyl (C=O) groups is 1. The van der Waals surface area contributed by atoms with E-state index >= 15 is 0 Å². The smallest absolute Gasteiger partial charge is 0.311 e. The first-order chi connectivity index (χ1) is 10.7. The number of fused-ring (bicyclic) bond motifs is 1. The lowest BCUT2D eigenvalue weighted by atomic mass is 9.81. The van der Waals surface area contributed by atoms with Crippen molar-refractivity contribution in [2.45, 2.75) is 19.3 Å². The molecule has 4 rings (SSSR count). The molecule has 0 bridgehead atoms. The molecule has 2 fully saturated rings. The first kappa shape index (κ1) is 13.8. The lowest BCUT2D eigenvalue weighted by Gasteiger charge is -2.23. The predicted molar refractivity (Wildman–Crippen MR) is 87.2 cm³/mol. The van der Waals surface area contributed by atoms with Crippen molar-refractivity contribution < 1.29 is 9.90 Å². The summed E-state index contributed by atoms with van der Waals surface area (Å²) in [7, 11) is 0. The van der Waals surface area contributed by atoms with E-state index in [1.807, 2.05) is 24.4 Å². The summed E-state index contributed by atoms with van der Waals surface area (Å²) in [6, 6.07) is 10.2. The number of thiazole rings is 1. The van der Waals surface area contributed by atoms with E-state index in [2.05, 4.69) is 22.0 Å². The Morgan fingerprint density at radius 2 is 2.18 bits per heavy atom. The van der Waals surface area contributed by atoms with Crippen molar-refractivity contribution in [2.24, 2.45) is 11.3 Å². The quantitative estimate of drug-likeness (QED) is 0.942. The molecule has 114 valence electrons. The van der Waals surface area contributed by atoms with Crippen LogP contribution < -0.4 is 4.90 Å². The number of nitrogens with zero attached hydrogens (tertiary/aromatic N) is 2. The fourth-order valence-corrected chi connectivity index (χ4v) is 4.86. The molecule has 1 N–H and O–H groups in total. The third-order valence-corrected chi connectivity index (χ3v) is 6.23. The van der Waals surface area contributed by atoms with Crippen molar-refractivity contribution in [3.8, 4) is 10.4 Å². The molecule has 4 nitrogen and oxygen atoms in total. The molecule has 0 spiro atoms. The van der Waals surface area contributed by atoms with Crippen LogP contribution >= 0.6 is 11.3 Å². The van der Waals surface area contributed by atoms with Gasteiger partial charge in [-0.2, -0.15) is 0 Å². The molecule has 2 aromatic rings. The normalized spacial score (nSPS) is 27.1. The van der Waals surface area contributed by atoms with Crippen LogP contribution in [-0.2, 0) is 4.79 Å². The summed E-state index contributed by atoms with van der Waals surface area (Å²) in [6.45, 7) is 1.43. The molecule has 1 aliphatic carbocycles. The minimum Gasteiger partial charge on any atom is -0.481 e. The summed E-state index contributed by atoms with van der Waals surface area (Å²) >= 11 is 1.65. The van der Waals surface area contributed by atoms with E-state index in [4.69, 9.17) is 0 Å². The van der Waals surface area contributed by atoms with Crippen LogP contribution in [0.15, 0.2) is 36.5 Å². The van der Waals surface area contributed by atoms with Crippen LogP contribution in [0.3, 0.4) is 0 Å². The van der Waals surface area contributed by atoms with Crippen LogP contribution in [0.2, 0.25) is 0 Å². The molecular weight excluding hydrogens is 296 g/mol. The van der Waals surface area contributed by atoms with Crippen molar-refractivity contribution in [3.63, 3.8) is 0 Å². The van der Waals surface area contributed by atoms with Crippen molar-refractivity contribution in [2.75, 3.05) is 18.0 Å². The summed E-state index contributed by atoms with van der Waals surface area (Å²) in [5, 5.41) is 10.6. The number of aromatic nitrogens is 1. The molecule has 1 aromatic heterocycles. The van der Waals surface area contributed by atoms with Gasteiger partial charge in [0, 0.05) is 19.3 Å². The third kappa shape index (κ3) is 2.03. The van der Waals surface area contributed by atoms with Gasteiger partial charge in [0.1, 0.15) is 0 Å². The maximum atomic E-state index is 11.8. The molecule has 2 heterocycles. The molecule has 1 saturated carbocycles. The second-order valence-corrected chi connectivity index (χ2v) is 7.31. The molecule has 2 aliphatic rings. The van der Waals surface area contributed by atoms with Crippen LogP contribution in [-0.4, -0.2) is 29.1 Å². The Balaban J connectivity index is 1.60. The monoisotopic (exact) mass is 314 g/mol. The van der Waals surface area contributed by atoms with Crippen LogP contribution in [0, 0.1) is 11.3 Å². The van der Waals surface area contributed by atoms with Gasteiger partial charge in [0.25, 0.3) is 0 Å². The Labute approximate surface area is 133 Å². The van der Waals surface area contributed by atoms with Gasteiger partial charge in [-0.1, -0.05) is 48.1 Å². The third-order valence-electron chi connectivity index (χ3n) is 5.12. The SMILES string of the molecule is O=C(O)[C@@]12CCC[C@H]1CN(c1ncc(-c3ccccc3)s1)C2. The maximum Gasteiger partial charge on any atom is 0.311 e. The molecule has 1 saturated heterocycles. The Kier molecular flexibility index (Phi) is 3.18. The highest BCUT2D eigenvalue weighted by Crippen LogP contribution is 2.50. The van der Waals surface area contributed by atoms with E-state index in [0.29, 0.717) is 6.54 Å². The number of rotatable bonds is 3. The summed E-state index contributed by atoms with van der Waals surface area (Å²) in [4.78, 5) is 19.6. The number of aliphatic carboxylic acids is 1. The van der Waals surface area contributed by atoms with E-state index in [9.17, 15) is 9.90 Å². The first-order valence-corrected chi connectivity index (χ1v) is 8.50. The van der Waals surface area contributed by atoms with Crippen LogP contribution in [0.25, 0.3) is 10.4 Å². The van der Waals surface area contributed by atoms with Crippen LogP contribution in [0.5, 0.6) is 0 Å². The topological polar surface area (TPSA) is 53.4 Å². The van der Waals surface area contributed by atoms with Crippen LogP contribution in [0.4, 0.5) is 5.13 Å². The Bertz CT molecular complexity index is 700. The number of carboxylic acid groups (broad SMARTS) is 1. The summed E-state index contributed by atoms with van der Waals surface area (Å²) < 4.78 is 0. The minimum atomic E-state index is -0.627. The number of anilines is 1. The highest BCUT2D eigenvalue weighted by molar-refractivity contribution is 7.18. The highest BCUT2D eigenvalue weighted by atomic mass is 32.1. The molecular formula is C17H18N2O2S. The summed E-state index contributed by atoms with van der Waals surface area (Å²) in [6.07, 6.45) is 4.77. The number of hydrogen-bond donors (Lipinski definition) is 1. The van der Waals surface area contributed by atoms with Crippen molar-refractivity contribution in [3.05, 3.63) is 36.5 Å². The van der Waals surface area contributed by atoms with E-state index in [-0.39, 0.29) is 5.92 Å². The number of hydrogen-bond acceptors (Lipinski definition) is 4. The van der Waals surface area contributed by atoms with E-state index in [0.717, 1.165) is 35.8 Å². The average Bonchev–Trinajstić information content (AvgIpc) is 3.21. The van der Waals surface area contributed by atoms with Crippen molar-refractivity contribution in [1.29, 1.82) is 0 Å². The zero-order valence-corrected chi connectivity index (χ0v) is 13.1. The van der Waals surface area contributed by atoms with Crippen molar-refractivity contribution in [1.82, 2.24) is 4.98 Å². The molecule has 5 heteroatoms. The Morgan fingerprint density at radius 1 is 1.36 bits per heavy atom.